The predicted octanol–water partition coefficient (Wildman–Crippen LogP) is 6.68. The number of amides is 2. The number of carbonyl (C=O) groups excluding carboxylic acids is 2. The molecule has 1 saturated carbocycles. The molecule has 240 valence electrons. The molecule has 46 heavy (non-hydrogen) atoms. The summed E-state index contributed by atoms with van der Waals surface area (Å²) in [6.07, 6.45) is 4.12. The zero-order valence-corrected chi connectivity index (χ0v) is 26.5. The minimum absolute atomic E-state index is 0.00121. The highest BCUT2D eigenvalue weighted by Gasteiger charge is 2.34. The molecule has 0 spiro atoms. The fourth-order valence-corrected chi connectivity index (χ4v) is 7.06. The molecule has 1 aliphatic carbocycles. The lowest BCUT2D eigenvalue weighted by Gasteiger charge is -2.33. The number of para-hydroxylation sites is 1. The molecule has 0 aromatic heterocycles. The molecule has 0 aliphatic heterocycles. The summed E-state index contributed by atoms with van der Waals surface area (Å²) in [4.78, 5) is 29.3. The van der Waals surface area contributed by atoms with Gasteiger partial charge in [-0.2, -0.15) is 0 Å². The predicted molar refractivity (Wildman–Crippen MR) is 175 cm³/mol. The first-order valence-corrected chi connectivity index (χ1v) is 16.9. The Morgan fingerprint density at radius 3 is 2.04 bits per heavy atom. The number of ether oxygens (including phenoxy) is 1. The van der Waals surface area contributed by atoms with Gasteiger partial charge in [-0.1, -0.05) is 68.3 Å². The highest BCUT2D eigenvalue weighted by Crippen LogP contribution is 2.29. The van der Waals surface area contributed by atoms with Crippen LogP contribution in [-0.4, -0.2) is 43.8 Å². The minimum atomic E-state index is -4.21. The van der Waals surface area contributed by atoms with Crippen molar-refractivity contribution in [1.82, 2.24) is 10.2 Å². The molecule has 0 radical (unpaired) electrons. The van der Waals surface area contributed by atoms with Crippen LogP contribution in [0.5, 0.6) is 11.5 Å². The van der Waals surface area contributed by atoms with Gasteiger partial charge in [-0.3, -0.25) is 13.9 Å². The van der Waals surface area contributed by atoms with Gasteiger partial charge in [-0.15, -0.1) is 0 Å². The summed E-state index contributed by atoms with van der Waals surface area (Å²) < 4.78 is 48.8. The van der Waals surface area contributed by atoms with Gasteiger partial charge in [-0.25, -0.2) is 12.8 Å². The second kappa shape index (κ2) is 15.1. The molecule has 4 aromatic carbocycles. The van der Waals surface area contributed by atoms with Crippen molar-refractivity contribution < 1.29 is 27.1 Å². The van der Waals surface area contributed by atoms with Crippen LogP contribution in [0.25, 0.3) is 0 Å². The van der Waals surface area contributed by atoms with E-state index in [4.69, 9.17) is 4.74 Å². The number of hydrogen-bond acceptors (Lipinski definition) is 5. The van der Waals surface area contributed by atoms with Crippen molar-refractivity contribution in [2.75, 3.05) is 10.8 Å². The Labute approximate surface area is 269 Å². The van der Waals surface area contributed by atoms with E-state index in [1.165, 1.54) is 29.2 Å². The van der Waals surface area contributed by atoms with Gasteiger partial charge in [0.2, 0.25) is 11.8 Å². The molecule has 4 aromatic rings. The summed E-state index contributed by atoms with van der Waals surface area (Å²) in [7, 11) is -4.21. The number of nitrogens with zero attached hydrogens (tertiary/aromatic N) is 2. The summed E-state index contributed by atoms with van der Waals surface area (Å²) >= 11 is 0. The third kappa shape index (κ3) is 8.11. The van der Waals surface area contributed by atoms with Crippen molar-refractivity contribution in [2.45, 2.75) is 62.6 Å². The summed E-state index contributed by atoms with van der Waals surface area (Å²) in [5, 5.41) is 3.09. The van der Waals surface area contributed by atoms with Crippen LogP contribution >= 0.6 is 0 Å². The Balaban J connectivity index is 1.47. The van der Waals surface area contributed by atoms with Crippen LogP contribution in [0.15, 0.2) is 114 Å². The van der Waals surface area contributed by atoms with Crippen LogP contribution in [0.2, 0.25) is 0 Å². The Hall–Kier alpha value is -4.70. The summed E-state index contributed by atoms with van der Waals surface area (Å²) in [5.41, 5.74) is 0.865. The topological polar surface area (TPSA) is 96.0 Å². The molecule has 2 amide bonds. The number of rotatable bonds is 13. The van der Waals surface area contributed by atoms with E-state index in [1.54, 1.807) is 54.6 Å². The summed E-state index contributed by atoms with van der Waals surface area (Å²) in [5.74, 6) is -0.165. The van der Waals surface area contributed by atoms with E-state index in [1.807, 2.05) is 37.3 Å². The largest absolute Gasteiger partial charge is 0.457 e. The zero-order chi connectivity index (χ0) is 32.5. The average Bonchev–Trinajstić information content (AvgIpc) is 3.58. The Bertz CT molecular complexity index is 1700. The van der Waals surface area contributed by atoms with Crippen LogP contribution < -0.4 is 14.4 Å². The highest BCUT2D eigenvalue weighted by atomic mass is 32.2. The number of hydrogen-bond donors (Lipinski definition) is 1. The summed E-state index contributed by atoms with van der Waals surface area (Å²) in [6, 6.07) is 28.4. The number of anilines is 1. The van der Waals surface area contributed by atoms with Crippen molar-refractivity contribution in [3.05, 3.63) is 121 Å². The average molecular weight is 644 g/mol. The smallest absolute Gasteiger partial charge is 0.264 e. The highest BCUT2D eigenvalue weighted by molar-refractivity contribution is 7.92. The number of benzene rings is 4. The second-order valence-electron chi connectivity index (χ2n) is 11.3. The van der Waals surface area contributed by atoms with Crippen LogP contribution in [0, 0.1) is 5.82 Å². The fraction of sp³-hybridized carbons (Fsp3) is 0.278. The first kappa shape index (κ1) is 32.7. The van der Waals surface area contributed by atoms with Crippen molar-refractivity contribution in [3.8, 4) is 11.5 Å². The molecule has 0 saturated heterocycles. The van der Waals surface area contributed by atoms with Crippen LogP contribution in [0.1, 0.15) is 44.6 Å². The molecule has 8 nitrogen and oxygen atoms in total. The van der Waals surface area contributed by atoms with E-state index in [9.17, 15) is 22.4 Å². The van der Waals surface area contributed by atoms with Crippen LogP contribution in [-0.2, 0) is 26.2 Å². The maximum absolute atomic E-state index is 14.3. The van der Waals surface area contributed by atoms with Crippen molar-refractivity contribution in [2.24, 2.45) is 0 Å². The van der Waals surface area contributed by atoms with Crippen molar-refractivity contribution in [1.29, 1.82) is 0 Å². The quantitative estimate of drug-likeness (QED) is 0.175. The first-order chi connectivity index (χ1) is 22.2. The lowest BCUT2D eigenvalue weighted by atomic mass is 10.1. The Morgan fingerprint density at radius 1 is 0.848 bits per heavy atom. The second-order valence-corrected chi connectivity index (χ2v) is 13.2. The molecule has 0 unspecified atom stereocenters. The van der Waals surface area contributed by atoms with E-state index < -0.39 is 34.3 Å². The van der Waals surface area contributed by atoms with Gasteiger partial charge >= 0.3 is 0 Å². The molecule has 1 atom stereocenters. The molecule has 0 heterocycles. The molecular weight excluding hydrogens is 605 g/mol. The molecule has 10 heteroatoms. The SMILES string of the molecule is CC[C@H](C(=O)NC1CCCC1)N(Cc1ccc(F)cc1)C(=O)CN(c1ccc(Oc2ccccc2)cc1)S(=O)(=O)c1ccccc1. The monoisotopic (exact) mass is 643 g/mol. The van der Waals surface area contributed by atoms with Gasteiger partial charge < -0.3 is 15.0 Å². The van der Waals surface area contributed by atoms with Crippen LogP contribution in [0.3, 0.4) is 0 Å². The molecule has 0 bridgehead atoms. The van der Waals surface area contributed by atoms with Crippen molar-refractivity contribution in [3.63, 3.8) is 0 Å². The normalized spacial score (nSPS) is 14.0. The van der Waals surface area contributed by atoms with Crippen molar-refractivity contribution >= 4 is 27.5 Å². The van der Waals surface area contributed by atoms with E-state index in [-0.39, 0.29) is 29.1 Å². The minimum Gasteiger partial charge on any atom is -0.457 e. The van der Waals surface area contributed by atoms with E-state index >= 15 is 0 Å². The van der Waals surface area contributed by atoms with Gasteiger partial charge in [0.05, 0.1) is 10.6 Å². The number of carbonyl (C=O) groups is 2. The standard InChI is InChI=1S/C36H38FN3O5S/c1-2-34(36(42)38-29-11-9-10-12-29)39(25-27-17-19-28(37)20-18-27)35(41)26-40(46(43,44)33-15-7-4-8-16-33)30-21-23-32(24-22-30)45-31-13-5-3-6-14-31/h3-8,13-24,29,34H,2,9-12,25-26H2,1H3,(H,38,42)/t34-/m1/s1. The molecule has 1 fully saturated rings. The van der Waals surface area contributed by atoms with E-state index in [2.05, 4.69) is 5.32 Å². The Kier molecular flexibility index (Phi) is 10.7. The number of nitrogens with one attached hydrogen (secondary N) is 1. The lowest BCUT2D eigenvalue weighted by molar-refractivity contribution is -0.140. The third-order valence-corrected chi connectivity index (χ3v) is 9.86. The zero-order valence-electron chi connectivity index (χ0n) is 25.7. The maximum Gasteiger partial charge on any atom is 0.264 e. The van der Waals surface area contributed by atoms with E-state index in [0.717, 1.165) is 30.0 Å². The number of sulfonamides is 1. The molecule has 1 aliphatic rings. The first-order valence-electron chi connectivity index (χ1n) is 15.5. The summed E-state index contributed by atoms with van der Waals surface area (Å²) in [6.45, 7) is 1.25. The maximum atomic E-state index is 14.3. The third-order valence-electron chi connectivity index (χ3n) is 8.07. The van der Waals surface area contributed by atoms with Gasteiger partial charge in [0, 0.05) is 12.6 Å². The van der Waals surface area contributed by atoms with Gasteiger partial charge in [0.1, 0.15) is 29.9 Å². The van der Waals surface area contributed by atoms with Gasteiger partial charge in [0.25, 0.3) is 10.0 Å². The lowest BCUT2D eigenvalue weighted by Crippen LogP contribution is -2.53. The molecular formula is C36H38FN3O5S. The molecule has 1 N–H and O–H groups in total. The van der Waals surface area contributed by atoms with Crippen LogP contribution in [0.4, 0.5) is 10.1 Å². The van der Waals surface area contributed by atoms with E-state index in [0.29, 0.717) is 23.5 Å². The van der Waals surface area contributed by atoms with Gasteiger partial charge in [0.15, 0.2) is 0 Å². The van der Waals surface area contributed by atoms with Gasteiger partial charge in [-0.05, 0) is 85.5 Å². The Morgan fingerprint density at radius 2 is 1.43 bits per heavy atom. The molecule has 5 rings (SSSR count). The fourth-order valence-electron chi connectivity index (χ4n) is 5.63. The number of halogens is 1.